The Bertz CT molecular complexity index is 1500. The summed E-state index contributed by atoms with van der Waals surface area (Å²) in [6.45, 7) is 4.10. The first kappa shape index (κ1) is 27.3. The molecule has 0 aliphatic heterocycles. The van der Waals surface area contributed by atoms with E-state index in [9.17, 15) is 14.4 Å². The zero-order chi connectivity index (χ0) is 27.4. The molecule has 9 nitrogen and oxygen atoms in total. The van der Waals surface area contributed by atoms with Gasteiger partial charge in [0.05, 0.1) is 34.4 Å². The number of anilines is 1. The predicted molar refractivity (Wildman–Crippen MR) is 147 cm³/mol. The highest BCUT2D eigenvalue weighted by Crippen LogP contribution is 2.29. The Morgan fingerprint density at radius 3 is 2.37 bits per heavy atom. The number of aromatic nitrogens is 3. The van der Waals surface area contributed by atoms with E-state index in [2.05, 4.69) is 20.7 Å². The zero-order valence-electron chi connectivity index (χ0n) is 20.4. The average molecular weight is 572 g/mol. The first-order chi connectivity index (χ1) is 18.1. The number of hydrogen-bond acceptors (Lipinski definition) is 6. The summed E-state index contributed by atoms with van der Waals surface area (Å²) in [6.07, 6.45) is -0.157. The van der Waals surface area contributed by atoms with Crippen LogP contribution in [0.4, 0.5) is 5.13 Å². The van der Waals surface area contributed by atoms with Gasteiger partial charge in [0.15, 0.2) is 5.13 Å². The van der Waals surface area contributed by atoms with Crippen LogP contribution in [0.25, 0.3) is 11.3 Å². The van der Waals surface area contributed by atoms with E-state index in [1.165, 1.54) is 11.3 Å². The second-order valence-corrected chi connectivity index (χ2v) is 10.4. The number of hydrogen-bond donors (Lipinski definition) is 3. The van der Waals surface area contributed by atoms with Crippen molar-refractivity contribution < 1.29 is 19.5 Å². The number of carboxylic acids is 1. The number of aryl methyl sites for hydroxylation is 2. The van der Waals surface area contributed by atoms with Gasteiger partial charge in [0, 0.05) is 22.5 Å². The summed E-state index contributed by atoms with van der Waals surface area (Å²) in [5.41, 5.74) is 3.58. The van der Waals surface area contributed by atoms with E-state index < -0.39 is 5.97 Å². The van der Waals surface area contributed by atoms with Crippen molar-refractivity contribution >= 4 is 57.5 Å². The molecule has 2 heterocycles. The first-order valence-electron chi connectivity index (χ1n) is 11.5. The van der Waals surface area contributed by atoms with Crippen molar-refractivity contribution in [2.75, 3.05) is 11.9 Å². The maximum atomic E-state index is 13.3. The monoisotopic (exact) mass is 571 g/mol. The van der Waals surface area contributed by atoms with Crippen LogP contribution in [0.3, 0.4) is 0 Å². The minimum absolute atomic E-state index is 0.0390. The Balaban J connectivity index is 1.59. The fraction of sp³-hybridized carbons (Fsp3) is 0.192. The lowest BCUT2D eigenvalue weighted by molar-refractivity contribution is -0.136. The van der Waals surface area contributed by atoms with Crippen molar-refractivity contribution in [3.05, 3.63) is 86.0 Å². The van der Waals surface area contributed by atoms with Gasteiger partial charge < -0.3 is 10.4 Å². The number of nitrogens with zero attached hydrogens (tertiary/aromatic N) is 3. The second kappa shape index (κ2) is 11.8. The lowest BCUT2D eigenvalue weighted by Crippen LogP contribution is -2.26. The van der Waals surface area contributed by atoms with Gasteiger partial charge in [-0.3, -0.25) is 24.4 Å². The van der Waals surface area contributed by atoms with Crippen LogP contribution in [0.1, 0.15) is 43.4 Å². The third-order valence-corrected chi connectivity index (χ3v) is 7.38. The molecule has 0 saturated carbocycles. The average Bonchev–Trinajstić information content (AvgIpc) is 3.43. The Morgan fingerprint density at radius 1 is 1.00 bits per heavy atom. The minimum Gasteiger partial charge on any atom is -0.481 e. The van der Waals surface area contributed by atoms with Crippen LogP contribution in [0.5, 0.6) is 0 Å². The van der Waals surface area contributed by atoms with Gasteiger partial charge in [-0.15, -0.1) is 11.3 Å². The van der Waals surface area contributed by atoms with Crippen LogP contribution >= 0.6 is 34.5 Å². The normalized spacial score (nSPS) is 10.8. The van der Waals surface area contributed by atoms with E-state index in [-0.39, 0.29) is 31.3 Å². The summed E-state index contributed by atoms with van der Waals surface area (Å²) in [4.78, 5) is 41.6. The van der Waals surface area contributed by atoms with E-state index in [0.717, 1.165) is 16.1 Å². The standard InChI is InChI=1S/C26H23Cl2N5O4S/c1-14-15(2)38-26(30-14)31-25(37)22-12-21(18-7-8-19(27)20(28)11-18)32-33(22)13-16-3-5-17(6-4-16)24(36)29-10-9-23(34)35/h3-8,11-12H,9-10,13H2,1-2H3,(H,29,36)(H,34,35)(H,30,31,37). The van der Waals surface area contributed by atoms with Gasteiger partial charge in [-0.2, -0.15) is 5.10 Å². The molecule has 0 aliphatic carbocycles. The molecule has 0 fully saturated rings. The van der Waals surface area contributed by atoms with Crippen LogP contribution in [-0.2, 0) is 11.3 Å². The molecule has 2 aromatic carbocycles. The fourth-order valence-corrected chi connectivity index (χ4v) is 4.63. The highest BCUT2D eigenvalue weighted by Gasteiger charge is 2.19. The number of aliphatic carboxylic acids is 1. The van der Waals surface area contributed by atoms with Crippen LogP contribution in [0, 0.1) is 13.8 Å². The summed E-state index contributed by atoms with van der Waals surface area (Å²) >= 11 is 13.7. The molecule has 0 radical (unpaired) electrons. The zero-order valence-corrected chi connectivity index (χ0v) is 22.7. The Labute approximate surface area is 232 Å². The molecular formula is C26H23Cl2N5O4S. The molecule has 4 rings (SSSR count). The summed E-state index contributed by atoms with van der Waals surface area (Å²) in [7, 11) is 0. The highest BCUT2D eigenvalue weighted by molar-refractivity contribution is 7.15. The number of nitrogens with one attached hydrogen (secondary N) is 2. The Morgan fingerprint density at radius 2 is 1.74 bits per heavy atom. The van der Waals surface area contributed by atoms with E-state index >= 15 is 0 Å². The molecule has 4 aromatic rings. The smallest absolute Gasteiger partial charge is 0.305 e. The van der Waals surface area contributed by atoms with Crippen molar-refractivity contribution in [1.29, 1.82) is 0 Å². The summed E-state index contributed by atoms with van der Waals surface area (Å²) in [6, 6.07) is 13.6. The molecule has 0 spiro atoms. The molecule has 0 bridgehead atoms. The maximum absolute atomic E-state index is 13.3. The summed E-state index contributed by atoms with van der Waals surface area (Å²) in [5, 5.41) is 20.1. The van der Waals surface area contributed by atoms with Crippen molar-refractivity contribution in [2.45, 2.75) is 26.8 Å². The Kier molecular flexibility index (Phi) is 8.45. The number of rotatable bonds is 9. The van der Waals surface area contributed by atoms with Gasteiger partial charge in [0.2, 0.25) is 0 Å². The number of thiazole rings is 1. The van der Waals surface area contributed by atoms with Crippen LogP contribution in [-0.4, -0.2) is 44.2 Å². The number of carboxylic acid groups (broad SMARTS) is 1. The number of amides is 2. The third-order valence-electron chi connectivity index (χ3n) is 5.65. The molecular weight excluding hydrogens is 549 g/mol. The quantitative estimate of drug-likeness (QED) is 0.245. The Hall–Kier alpha value is -3.73. The predicted octanol–water partition coefficient (Wildman–Crippen LogP) is 5.44. The lowest BCUT2D eigenvalue weighted by Gasteiger charge is -2.09. The topological polar surface area (TPSA) is 126 Å². The highest BCUT2D eigenvalue weighted by atomic mass is 35.5. The second-order valence-electron chi connectivity index (χ2n) is 8.41. The van der Waals surface area contributed by atoms with Gasteiger partial charge in [0.25, 0.3) is 11.8 Å². The van der Waals surface area contributed by atoms with Crippen LogP contribution < -0.4 is 10.6 Å². The van der Waals surface area contributed by atoms with Crippen molar-refractivity contribution in [3.8, 4) is 11.3 Å². The SMILES string of the molecule is Cc1nc(NC(=O)c2cc(-c3ccc(Cl)c(Cl)c3)nn2Cc2ccc(C(=O)NCCC(=O)O)cc2)sc1C. The van der Waals surface area contributed by atoms with Gasteiger partial charge in [-0.25, -0.2) is 4.98 Å². The van der Waals surface area contributed by atoms with Crippen molar-refractivity contribution in [2.24, 2.45) is 0 Å². The molecule has 38 heavy (non-hydrogen) atoms. The number of halogens is 2. The van der Waals surface area contributed by atoms with Crippen LogP contribution in [0.15, 0.2) is 48.5 Å². The van der Waals surface area contributed by atoms with Crippen molar-refractivity contribution in [1.82, 2.24) is 20.1 Å². The molecule has 0 aliphatic rings. The number of carbonyl (C=O) groups excluding carboxylic acids is 2. The molecule has 12 heteroatoms. The molecule has 2 amide bonds. The summed E-state index contributed by atoms with van der Waals surface area (Å²) < 4.78 is 1.57. The summed E-state index contributed by atoms with van der Waals surface area (Å²) in [5.74, 6) is -1.72. The molecule has 0 atom stereocenters. The van der Waals surface area contributed by atoms with Crippen molar-refractivity contribution in [3.63, 3.8) is 0 Å². The molecule has 2 aromatic heterocycles. The van der Waals surface area contributed by atoms with E-state index in [1.54, 1.807) is 53.2 Å². The van der Waals surface area contributed by atoms with E-state index in [4.69, 9.17) is 28.3 Å². The van der Waals surface area contributed by atoms with Gasteiger partial charge in [0.1, 0.15) is 5.69 Å². The molecule has 196 valence electrons. The van der Waals surface area contributed by atoms with Gasteiger partial charge in [-0.1, -0.05) is 41.4 Å². The van der Waals surface area contributed by atoms with Gasteiger partial charge >= 0.3 is 5.97 Å². The van der Waals surface area contributed by atoms with E-state index in [0.29, 0.717) is 37.7 Å². The molecule has 0 unspecified atom stereocenters. The maximum Gasteiger partial charge on any atom is 0.305 e. The van der Waals surface area contributed by atoms with E-state index in [1.807, 2.05) is 13.8 Å². The number of carbonyl (C=O) groups is 3. The fourth-order valence-electron chi connectivity index (χ4n) is 3.52. The lowest BCUT2D eigenvalue weighted by atomic mass is 10.1. The molecule has 0 saturated heterocycles. The molecule has 3 N–H and O–H groups in total. The van der Waals surface area contributed by atoms with Crippen LogP contribution in [0.2, 0.25) is 10.0 Å². The largest absolute Gasteiger partial charge is 0.481 e. The van der Waals surface area contributed by atoms with Gasteiger partial charge in [-0.05, 0) is 49.7 Å². The minimum atomic E-state index is -0.986. The number of benzene rings is 2. The first-order valence-corrected chi connectivity index (χ1v) is 13.1. The third kappa shape index (κ3) is 6.58.